The second-order valence-electron chi connectivity index (χ2n) is 9.59. The van der Waals surface area contributed by atoms with Gasteiger partial charge in [-0.25, -0.2) is 8.78 Å². The number of halogens is 2. The number of benzene rings is 2. The van der Waals surface area contributed by atoms with E-state index in [1.807, 2.05) is 6.07 Å². The fraction of sp³-hybridized carbons (Fsp3) is 0.407. The molecule has 3 aromatic rings. The molecular weight excluding hydrogens is 436 g/mol. The summed E-state index contributed by atoms with van der Waals surface area (Å²) in [6.07, 6.45) is 3.89. The van der Waals surface area contributed by atoms with Gasteiger partial charge in [0.15, 0.2) is 0 Å². The fourth-order valence-electron chi connectivity index (χ4n) is 5.36. The maximum atomic E-state index is 14.9. The first-order chi connectivity index (χ1) is 16.4. The zero-order valence-corrected chi connectivity index (χ0v) is 19.2. The van der Waals surface area contributed by atoms with Crippen LogP contribution < -0.4 is 16.2 Å². The molecule has 5 rings (SSSR count). The van der Waals surface area contributed by atoms with Crippen molar-refractivity contribution in [1.82, 2.24) is 15.2 Å². The van der Waals surface area contributed by atoms with Crippen molar-refractivity contribution in [3.63, 3.8) is 0 Å². The number of carbonyl (C=O) groups excluding carboxylic acids is 1. The van der Waals surface area contributed by atoms with Crippen LogP contribution in [0.5, 0.6) is 0 Å². The third-order valence-electron chi connectivity index (χ3n) is 7.45. The van der Waals surface area contributed by atoms with Crippen LogP contribution in [-0.2, 0) is 6.54 Å². The minimum absolute atomic E-state index is 0.0600. The zero-order chi connectivity index (χ0) is 23.8. The first kappa shape index (κ1) is 22.7. The summed E-state index contributed by atoms with van der Waals surface area (Å²) in [6, 6.07) is 10.4. The minimum Gasteiger partial charge on any atom is -0.345 e. The quantitative estimate of drug-likeness (QED) is 0.565. The highest BCUT2D eigenvalue weighted by atomic mass is 19.1. The van der Waals surface area contributed by atoms with E-state index in [-0.39, 0.29) is 35.0 Å². The summed E-state index contributed by atoms with van der Waals surface area (Å²) < 4.78 is 30.4. The molecule has 2 aromatic carbocycles. The number of hydrogen-bond donors (Lipinski definition) is 2. The first-order valence-electron chi connectivity index (χ1n) is 12.0. The van der Waals surface area contributed by atoms with Crippen LogP contribution in [0.15, 0.2) is 47.3 Å². The molecule has 2 aliphatic rings. The van der Waals surface area contributed by atoms with Crippen LogP contribution in [0.2, 0.25) is 0 Å². The van der Waals surface area contributed by atoms with E-state index in [2.05, 4.69) is 10.6 Å². The lowest BCUT2D eigenvalue weighted by molar-refractivity contribution is 0.0900. The molecular formula is C27H29F2N3O2. The molecule has 1 aliphatic carbocycles. The van der Waals surface area contributed by atoms with E-state index in [0.29, 0.717) is 23.2 Å². The van der Waals surface area contributed by atoms with Gasteiger partial charge in [0.25, 0.3) is 11.5 Å². The zero-order valence-electron chi connectivity index (χ0n) is 19.2. The third-order valence-corrected chi connectivity index (χ3v) is 7.45. The number of aromatic nitrogens is 1. The summed E-state index contributed by atoms with van der Waals surface area (Å²) in [4.78, 5) is 27.1. The molecule has 1 aromatic heterocycles. The van der Waals surface area contributed by atoms with Gasteiger partial charge in [0.1, 0.15) is 11.6 Å². The van der Waals surface area contributed by atoms with E-state index in [1.165, 1.54) is 24.3 Å². The molecule has 2 N–H and O–H groups in total. The number of pyridine rings is 1. The average molecular weight is 466 g/mol. The Morgan fingerprint density at radius 1 is 1.18 bits per heavy atom. The Labute approximate surface area is 197 Å². The van der Waals surface area contributed by atoms with E-state index < -0.39 is 11.4 Å². The molecule has 1 aliphatic heterocycles. The lowest BCUT2D eigenvalue weighted by atomic mass is 9.77. The van der Waals surface area contributed by atoms with Gasteiger partial charge in [0.2, 0.25) is 0 Å². The molecule has 1 amide bonds. The molecule has 2 atom stereocenters. The molecule has 0 bridgehead atoms. The smallest absolute Gasteiger partial charge is 0.261 e. The Kier molecular flexibility index (Phi) is 6.21. The predicted octanol–water partition coefficient (Wildman–Crippen LogP) is 4.47. The standard InChI is InChI=1S/C27H29F2N3O2/c1-16-23(26(33)31-25(18-5-2-6-18)19-7-3-8-20(28)13-19)21-9-4-10-22(29)24(21)27(34)32(16)15-17-11-12-30-14-17/h3-4,7-10,13,17-18,25,30H,2,5-6,11-12,14-15H2,1H3,(H,31,33)/t17?,25-/m0/s1. The number of nitrogens with one attached hydrogen (secondary N) is 2. The second kappa shape index (κ2) is 9.29. The second-order valence-corrected chi connectivity index (χ2v) is 9.59. The molecule has 2 fully saturated rings. The van der Waals surface area contributed by atoms with Crippen molar-refractivity contribution in [2.75, 3.05) is 13.1 Å². The van der Waals surface area contributed by atoms with Gasteiger partial charge in [0.05, 0.1) is 17.0 Å². The molecule has 0 radical (unpaired) electrons. The van der Waals surface area contributed by atoms with E-state index in [1.54, 1.807) is 23.6 Å². The van der Waals surface area contributed by atoms with E-state index in [9.17, 15) is 18.4 Å². The van der Waals surface area contributed by atoms with Crippen LogP contribution in [0, 0.1) is 30.4 Å². The number of nitrogens with zero attached hydrogens (tertiary/aromatic N) is 1. The van der Waals surface area contributed by atoms with Gasteiger partial charge in [0, 0.05) is 17.6 Å². The Morgan fingerprint density at radius 3 is 2.65 bits per heavy atom. The van der Waals surface area contributed by atoms with Crippen molar-refractivity contribution in [3.8, 4) is 0 Å². The lowest BCUT2D eigenvalue weighted by Gasteiger charge is -2.35. The molecule has 5 nitrogen and oxygen atoms in total. The van der Waals surface area contributed by atoms with Gasteiger partial charge in [-0.2, -0.15) is 0 Å². The van der Waals surface area contributed by atoms with Crippen LogP contribution in [0.3, 0.4) is 0 Å². The van der Waals surface area contributed by atoms with Gasteiger partial charge >= 0.3 is 0 Å². The molecule has 7 heteroatoms. The van der Waals surface area contributed by atoms with Crippen LogP contribution >= 0.6 is 0 Å². The number of carbonyl (C=O) groups is 1. The summed E-state index contributed by atoms with van der Waals surface area (Å²) in [5.74, 6) is -0.891. The Morgan fingerprint density at radius 2 is 1.97 bits per heavy atom. The minimum atomic E-state index is -0.629. The summed E-state index contributed by atoms with van der Waals surface area (Å²) in [6.45, 7) is 3.85. The Bertz CT molecular complexity index is 1290. The monoisotopic (exact) mass is 465 g/mol. The van der Waals surface area contributed by atoms with Gasteiger partial charge in [-0.05, 0) is 74.9 Å². The predicted molar refractivity (Wildman–Crippen MR) is 128 cm³/mol. The highest BCUT2D eigenvalue weighted by Crippen LogP contribution is 2.38. The highest BCUT2D eigenvalue weighted by Gasteiger charge is 2.32. The summed E-state index contributed by atoms with van der Waals surface area (Å²) >= 11 is 0. The van der Waals surface area contributed by atoms with E-state index in [0.717, 1.165) is 44.3 Å². The summed E-state index contributed by atoms with van der Waals surface area (Å²) in [5, 5.41) is 6.66. The molecule has 0 spiro atoms. The molecule has 2 heterocycles. The van der Waals surface area contributed by atoms with Crippen molar-refractivity contribution in [2.24, 2.45) is 11.8 Å². The molecule has 1 saturated carbocycles. The lowest BCUT2D eigenvalue weighted by Crippen LogP contribution is -2.38. The number of rotatable bonds is 6. The maximum Gasteiger partial charge on any atom is 0.261 e. The van der Waals surface area contributed by atoms with Crippen molar-refractivity contribution >= 4 is 16.7 Å². The van der Waals surface area contributed by atoms with E-state index in [4.69, 9.17) is 0 Å². The highest BCUT2D eigenvalue weighted by molar-refractivity contribution is 6.08. The van der Waals surface area contributed by atoms with Gasteiger partial charge in [-0.3, -0.25) is 9.59 Å². The SMILES string of the molecule is Cc1c(C(=O)N[C@H](c2cccc(F)c2)C2CCC2)c2cccc(F)c2c(=O)n1CC1CCNC1. The van der Waals surface area contributed by atoms with Crippen molar-refractivity contribution in [2.45, 2.75) is 45.2 Å². The molecule has 1 unspecified atom stereocenters. The number of fused-ring (bicyclic) bond motifs is 1. The van der Waals surface area contributed by atoms with Crippen molar-refractivity contribution in [3.05, 3.63) is 81.3 Å². The van der Waals surface area contributed by atoms with Crippen LogP contribution in [0.1, 0.15) is 53.3 Å². The maximum absolute atomic E-state index is 14.9. The third kappa shape index (κ3) is 4.13. The fourth-order valence-corrected chi connectivity index (χ4v) is 5.36. The topological polar surface area (TPSA) is 63.1 Å². The van der Waals surface area contributed by atoms with Gasteiger partial charge < -0.3 is 15.2 Å². The molecule has 34 heavy (non-hydrogen) atoms. The van der Waals surface area contributed by atoms with Crippen LogP contribution in [0.25, 0.3) is 10.8 Å². The van der Waals surface area contributed by atoms with Crippen LogP contribution in [-0.4, -0.2) is 23.6 Å². The Hall–Kier alpha value is -3.06. The molecule has 1 saturated heterocycles. The number of amides is 1. The average Bonchev–Trinajstić information content (AvgIpc) is 3.28. The van der Waals surface area contributed by atoms with Crippen molar-refractivity contribution in [1.29, 1.82) is 0 Å². The summed E-state index contributed by atoms with van der Waals surface area (Å²) in [5.41, 5.74) is 1.14. The largest absolute Gasteiger partial charge is 0.345 e. The van der Waals surface area contributed by atoms with Crippen molar-refractivity contribution < 1.29 is 13.6 Å². The van der Waals surface area contributed by atoms with Crippen LogP contribution in [0.4, 0.5) is 8.78 Å². The van der Waals surface area contributed by atoms with E-state index >= 15 is 0 Å². The summed E-state index contributed by atoms with van der Waals surface area (Å²) in [7, 11) is 0. The molecule has 178 valence electrons. The normalized spacial score (nSPS) is 19.2. The first-order valence-corrected chi connectivity index (χ1v) is 12.0. The van der Waals surface area contributed by atoms with Gasteiger partial charge in [-0.1, -0.05) is 30.7 Å². The van der Waals surface area contributed by atoms with Gasteiger partial charge in [-0.15, -0.1) is 0 Å². The number of hydrogen-bond acceptors (Lipinski definition) is 3. The Balaban J connectivity index is 1.59.